The highest BCUT2D eigenvalue weighted by Gasteiger charge is 2.02. The molecule has 7 nitrogen and oxygen atoms in total. The predicted octanol–water partition coefficient (Wildman–Crippen LogP) is 5.41. The van der Waals surface area contributed by atoms with E-state index in [1.165, 1.54) is 96.3 Å². The summed E-state index contributed by atoms with van der Waals surface area (Å²) in [5, 5.41) is 19.1. The van der Waals surface area contributed by atoms with Gasteiger partial charge in [0, 0.05) is 13.1 Å². The van der Waals surface area contributed by atoms with Crippen LogP contribution in [0.5, 0.6) is 0 Å². The molecule has 0 unspecified atom stereocenters. The molecular formula is C24H53NO6S. The van der Waals surface area contributed by atoms with Crippen LogP contribution in [-0.4, -0.2) is 56.1 Å². The summed E-state index contributed by atoms with van der Waals surface area (Å²) in [5.74, 6) is 0. The zero-order valence-electron chi connectivity index (χ0n) is 20.7. The van der Waals surface area contributed by atoms with E-state index in [4.69, 9.17) is 14.8 Å². The van der Waals surface area contributed by atoms with Crippen LogP contribution in [0.4, 0.5) is 0 Å². The number of rotatable bonds is 24. The average molecular weight is 484 g/mol. The molecule has 0 fully saturated rings. The molecule has 0 spiro atoms. The van der Waals surface area contributed by atoms with Crippen molar-refractivity contribution in [1.82, 2.24) is 5.32 Å². The first-order chi connectivity index (χ1) is 15.5. The summed E-state index contributed by atoms with van der Waals surface area (Å²) in [5.41, 5.74) is 0. The fraction of sp³-hybridized carbons (Fsp3) is 1.00. The van der Waals surface area contributed by atoms with Crippen LogP contribution < -0.4 is 5.32 Å². The van der Waals surface area contributed by atoms with E-state index in [2.05, 4.69) is 16.4 Å². The maximum atomic E-state index is 10.3. The summed E-state index contributed by atoms with van der Waals surface area (Å²) in [7, 11) is -4.25. The van der Waals surface area contributed by atoms with E-state index in [0.29, 0.717) is 19.5 Å². The molecule has 0 heterocycles. The van der Waals surface area contributed by atoms with Gasteiger partial charge in [0.2, 0.25) is 0 Å². The molecule has 0 aromatic carbocycles. The van der Waals surface area contributed by atoms with E-state index >= 15 is 0 Å². The number of unbranched alkanes of at least 4 members (excludes halogenated alkanes) is 17. The third-order valence-corrected chi connectivity index (χ3v) is 5.77. The Morgan fingerprint density at radius 3 is 1.19 bits per heavy atom. The Kier molecular flexibility index (Phi) is 30.5. The summed E-state index contributed by atoms with van der Waals surface area (Å²) in [6, 6.07) is 0. The molecule has 0 aromatic rings. The van der Waals surface area contributed by atoms with E-state index in [1.54, 1.807) is 0 Å². The Balaban J connectivity index is 0. The molecule has 0 saturated carbocycles. The molecule has 0 rings (SSSR count). The second-order valence-corrected chi connectivity index (χ2v) is 9.55. The van der Waals surface area contributed by atoms with Gasteiger partial charge in [0.1, 0.15) is 0 Å². The molecule has 0 aromatic heterocycles. The second-order valence-electron chi connectivity index (χ2n) is 8.46. The van der Waals surface area contributed by atoms with Crippen molar-refractivity contribution in [3.63, 3.8) is 0 Å². The molecule has 0 aliphatic rings. The average Bonchev–Trinajstić information content (AvgIpc) is 2.75. The Labute approximate surface area is 198 Å². The molecular weight excluding hydrogens is 430 g/mol. The van der Waals surface area contributed by atoms with Crippen molar-refractivity contribution in [3.8, 4) is 0 Å². The Bertz CT molecular complexity index is 430. The van der Waals surface area contributed by atoms with E-state index in [9.17, 15) is 8.42 Å². The molecule has 196 valence electrons. The quantitative estimate of drug-likeness (QED) is 0.107. The first kappa shape index (κ1) is 33.9. The van der Waals surface area contributed by atoms with Crippen LogP contribution in [0, 0.1) is 0 Å². The summed E-state index contributed by atoms with van der Waals surface area (Å²) >= 11 is 0. The fourth-order valence-electron chi connectivity index (χ4n) is 3.45. The third kappa shape index (κ3) is 37.1. The van der Waals surface area contributed by atoms with Crippen LogP contribution in [-0.2, 0) is 14.6 Å². The number of hydrogen-bond donors (Lipinski definition) is 4. The smallest absolute Gasteiger partial charge is 0.395 e. The summed E-state index contributed by atoms with van der Waals surface area (Å²) in [6.45, 7) is 3.78. The lowest BCUT2D eigenvalue weighted by molar-refractivity contribution is 0.261. The molecule has 0 radical (unpaired) electrons. The summed E-state index contributed by atoms with van der Waals surface area (Å²) < 4.78 is 33.4. The van der Waals surface area contributed by atoms with Crippen molar-refractivity contribution in [2.75, 3.05) is 32.9 Å². The van der Waals surface area contributed by atoms with E-state index in [-0.39, 0.29) is 19.8 Å². The maximum Gasteiger partial charge on any atom is 0.397 e. The van der Waals surface area contributed by atoms with Crippen molar-refractivity contribution in [3.05, 3.63) is 0 Å². The van der Waals surface area contributed by atoms with Crippen LogP contribution in [0.3, 0.4) is 0 Å². The van der Waals surface area contributed by atoms with Crippen LogP contribution >= 0.6 is 0 Å². The van der Waals surface area contributed by atoms with Gasteiger partial charge in [0.15, 0.2) is 0 Å². The minimum Gasteiger partial charge on any atom is -0.395 e. The highest BCUT2D eigenvalue weighted by molar-refractivity contribution is 7.80. The van der Waals surface area contributed by atoms with E-state index < -0.39 is 10.4 Å². The first-order valence-electron chi connectivity index (χ1n) is 13.0. The van der Waals surface area contributed by atoms with E-state index in [0.717, 1.165) is 12.8 Å². The predicted molar refractivity (Wildman–Crippen MR) is 133 cm³/mol. The van der Waals surface area contributed by atoms with Crippen LogP contribution in [0.15, 0.2) is 0 Å². The Hall–Kier alpha value is -0.250. The fourth-order valence-corrected chi connectivity index (χ4v) is 3.78. The van der Waals surface area contributed by atoms with Gasteiger partial charge in [0.25, 0.3) is 0 Å². The van der Waals surface area contributed by atoms with Crippen molar-refractivity contribution in [1.29, 1.82) is 0 Å². The van der Waals surface area contributed by atoms with Gasteiger partial charge in [0.05, 0.1) is 19.8 Å². The van der Waals surface area contributed by atoms with Crippen molar-refractivity contribution >= 4 is 10.4 Å². The Morgan fingerprint density at radius 2 is 0.906 bits per heavy atom. The topological polar surface area (TPSA) is 116 Å². The normalized spacial score (nSPS) is 11.4. The van der Waals surface area contributed by atoms with Gasteiger partial charge < -0.3 is 15.5 Å². The van der Waals surface area contributed by atoms with Crippen molar-refractivity contribution in [2.24, 2.45) is 0 Å². The number of aliphatic hydroxyl groups is 2. The van der Waals surface area contributed by atoms with Crippen LogP contribution in [0.2, 0.25) is 0 Å². The zero-order valence-corrected chi connectivity index (χ0v) is 21.6. The molecule has 4 N–H and O–H groups in total. The largest absolute Gasteiger partial charge is 0.397 e. The SMILES string of the molecule is CCCCCCCCCCCCCCCCCCCCOS(=O)(=O)O.OCCNCCO. The minimum atomic E-state index is -4.25. The lowest BCUT2D eigenvalue weighted by Crippen LogP contribution is -2.21. The zero-order chi connectivity index (χ0) is 24.2. The lowest BCUT2D eigenvalue weighted by atomic mass is 10.0. The summed E-state index contributed by atoms with van der Waals surface area (Å²) in [4.78, 5) is 0. The van der Waals surface area contributed by atoms with Gasteiger partial charge >= 0.3 is 10.4 Å². The van der Waals surface area contributed by atoms with Crippen molar-refractivity contribution < 1.29 is 27.4 Å². The summed E-state index contributed by atoms with van der Waals surface area (Å²) in [6.07, 6.45) is 23.4. The van der Waals surface area contributed by atoms with Gasteiger partial charge in [-0.3, -0.25) is 4.55 Å². The van der Waals surface area contributed by atoms with Gasteiger partial charge in [-0.1, -0.05) is 116 Å². The molecule has 0 amide bonds. The molecule has 0 aliphatic carbocycles. The van der Waals surface area contributed by atoms with Gasteiger partial charge in [-0.15, -0.1) is 0 Å². The molecule has 32 heavy (non-hydrogen) atoms. The second kappa shape index (κ2) is 28.8. The van der Waals surface area contributed by atoms with Crippen molar-refractivity contribution in [2.45, 2.75) is 122 Å². The highest BCUT2D eigenvalue weighted by Crippen LogP contribution is 2.14. The molecule has 0 saturated heterocycles. The lowest BCUT2D eigenvalue weighted by Gasteiger charge is -2.04. The van der Waals surface area contributed by atoms with Gasteiger partial charge in [-0.25, -0.2) is 4.18 Å². The molecule has 0 atom stereocenters. The van der Waals surface area contributed by atoms with Crippen LogP contribution in [0.25, 0.3) is 0 Å². The first-order valence-corrected chi connectivity index (χ1v) is 14.4. The molecule has 8 heteroatoms. The Morgan fingerprint density at radius 1 is 0.594 bits per heavy atom. The van der Waals surface area contributed by atoms with E-state index in [1.807, 2.05) is 0 Å². The maximum absolute atomic E-state index is 10.3. The number of aliphatic hydroxyl groups excluding tert-OH is 2. The number of hydrogen-bond acceptors (Lipinski definition) is 6. The van der Waals surface area contributed by atoms with Gasteiger partial charge in [-0.05, 0) is 6.42 Å². The number of nitrogens with one attached hydrogen (secondary N) is 1. The highest BCUT2D eigenvalue weighted by atomic mass is 32.3. The monoisotopic (exact) mass is 483 g/mol. The van der Waals surface area contributed by atoms with Crippen LogP contribution in [0.1, 0.15) is 122 Å². The minimum absolute atomic E-state index is 0.0948. The molecule has 0 aliphatic heterocycles. The van der Waals surface area contributed by atoms with Gasteiger partial charge in [-0.2, -0.15) is 8.42 Å². The third-order valence-electron chi connectivity index (χ3n) is 5.31. The molecule has 0 bridgehead atoms. The standard InChI is InChI=1S/C20H42O4S.C4H11NO2/c1-2-3-4-5-6-7-8-9-10-11-12-13-14-15-16-17-18-19-20-24-25(21,22)23;6-3-1-5-2-4-7/h2-20H2,1H3,(H,21,22,23);5-7H,1-4H2.